The highest BCUT2D eigenvalue weighted by Gasteiger charge is 2.15. The lowest BCUT2D eigenvalue weighted by atomic mass is 10.1. The number of fused-ring (bicyclic) bond motifs is 1. The largest absolute Gasteiger partial charge is 0.378 e. The standard InChI is InChI=1S/C14H19N3OS/c1-10-8-12-13(15-9-10)17(14(19)16-12)6-5-11-4-2-3-7-18-11/h8-9,11H,2-7H2,1H3,(H,16,19). The number of nitrogens with one attached hydrogen (secondary N) is 1. The molecule has 1 aliphatic heterocycles. The molecule has 1 atom stereocenters. The average molecular weight is 277 g/mol. The quantitative estimate of drug-likeness (QED) is 0.875. The number of hydrogen-bond donors (Lipinski definition) is 1. The summed E-state index contributed by atoms with van der Waals surface area (Å²) >= 11 is 5.39. The van der Waals surface area contributed by atoms with Crippen molar-refractivity contribution in [3.63, 3.8) is 0 Å². The number of rotatable bonds is 3. The van der Waals surface area contributed by atoms with Gasteiger partial charge in [-0.05, 0) is 56.5 Å². The maximum Gasteiger partial charge on any atom is 0.179 e. The molecule has 4 nitrogen and oxygen atoms in total. The summed E-state index contributed by atoms with van der Waals surface area (Å²) in [5.41, 5.74) is 3.12. The first-order valence-corrected chi connectivity index (χ1v) is 7.31. The molecule has 1 saturated heterocycles. The molecule has 1 N–H and O–H groups in total. The number of aromatic amines is 1. The van der Waals surface area contributed by atoms with Gasteiger partial charge in [0.1, 0.15) is 0 Å². The van der Waals surface area contributed by atoms with Crippen LogP contribution in [0, 0.1) is 11.7 Å². The van der Waals surface area contributed by atoms with E-state index in [0.29, 0.717) is 6.10 Å². The predicted molar refractivity (Wildman–Crippen MR) is 77.9 cm³/mol. The van der Waals surface area contributed by atoms with Gasteiger partial charge in [0.15, 0.2) is 10.4 Å². The minimum atomic E-state index is 0.381. The van der Waals surface area contributed by atoms with Crippen LogP contribution in [0.15, 0.2) is 12.3 Å². The second-order valence-electron chi connectivity index (χ2n) is 5.24. The number of hydrogen-bond acceptors (Lipinski definition) is 3. The lowest BCUT2D eigenvalue weighted by Crippen LogP contribution is -2.20. The molecule has 1 unspecified atom stereocenters. The van der Waals surface area contributed by atoms with E-state index >= 15 is 0 Å². The summed E-state index contributed by atoms with van der Waals surface area (Å²) in [6.07, 6.45) is 6.93. The van der Waals surface area contributed by atoms with Crippen LogP contribution in [-0.4, -0.2) is 27.2 Å². The summed E-state index contributed by atoms with van der Waals surface area (Å²) in [6.45, 7) is 3.82. The third-order valence-electron chi connectivity index (χ3n) is 3.69. The van der Waals surface area contributed by atoms with Gasteiger partial charge in [-0.15, -0.1) is 0 Å². The lowest BCUT2D eigenvalue weighted by Gasteiger charge is -2.22. The Morgan fingerprint density at radius 3 is 3.21 bits per heavy atom. The van der Waals surface area contributed by atoms with Crippen molar-refractivity contribution in [2.75, 3.05) is 6.61 Å². The molecule has 0 spiro atoms. The second kappa shape index (κ2) is 5.43. The topological polar surface area (TPSA) is 42.8 Å². The molecule has 3 rings (SSSR count). The summed E-state index contributed by atoms with van der Waals surface area (Å²) < 4.78 is 8.61. The molecular formula is C14H19N3OS. The fourth-order valence-electron chi connectivity index (χ4n) is 2.66. The van der Waals surface area contributed by atoms with Gasteiger partial charge in [0, 0.05) is 19.3 Å². The molecular weight excluding hydrogens is 258 g/mol. The smallest absolute Gasteiger partial charge is 0.179 e. The molecule has 0 aromatic carbocycles. The molecule has 0 bridgehead atoms. The monoisotopic (exact) mass is 277 g/mol. The van der Waals surface area contributed by atoms with E-state index < -0.39 is 0 Å². The molecule has 1 fully saturated rings. The van der Waals surface area contributed by atoms with Crippen molar-refractivity contribution in [1.82, 2.24) is 14.5 Å². The zero-order valence-electron chi connectivity index (χ0n) is 11.2. The fraction of sp³-hybridized carbons (Fsp3) is 0.571. The summed E-state index contributed by atoms with van der Waals surface area (Å²) in [4.78, 5) is 7.72. The molecule has 0 radical (unpaired) electrons. The normalized spacial score (nSPS) is 19.9. The van der Waals surface area contributed by atoms with Gasteiger partial charge in [-0.1, -0.05) is 0 Å². The average Bonchev–Trinajstić information content (AvgIpc) is 2.72. The zero-order valence-corrected chi connectivity index (χ0v) is 12.0. The molecule has 0 amide bonds. The van der Waals surface area contributed by atoms with E-state index in [1.54, 1.807) is 0 Å². The van der Waals surface area contributed by atoms with Gasteiger partial charge in [0.25, 0.3) is 0 Å². The van der Waals surface area contributed by atoms with Gasteiger partial charge >= 0.3 is 0 Å². The Kier molecular flexibility index (Phi) is 3.66. The van der Waals surface area contributed by atoms with Gasteiger partial charge in [-0.2, -0.15) is 0 Å². The molecule has 0 saturated carbocycles. The Morgan fingerprint density at radius 2 is 2.42 bits per heavy atom. The molecule has 1 aliphatic rings. The van der Waals surface area contributed by atoms with Crippen LogP contribution in [0.1, 0.15) is 31.2 Å². The van der Waals surface area contributed by atoms with Crippen LogP contribution >= 0.6 is 12.2 Å². The van der Waals surface area contributed by atoms with Gasteiger partial charge in [-0.3, -0.25) is 0 Å². The van der Waals surface area contributed by atoms with Crippen LogP contribution in [0.25, 0.3) is 11.2 Å². The molecule has 3 heterocycles. The van der Waals surface area contributed by atoms with E-state index in [4.69, 9.17) is 17.0 Å². The summed E-state index contributed by atoms with van der Waals surface area (Å²) in [6, 6.07) is 2.09. The fourth-order valence-corrected chi connectivity index (χ4v) is 2.95. The van der Waals surface area contributed by atoms with Crippen LogP contribution < -0.4 is 0 Å². The highest BCUT2D eigenvalue weighted by Crippen LogP contribution is 2.18. The van der Waals surface area contributed by atoms with Crippen LogP contribution in [0.2, 0.25) is 0 Å². The van der Waals surface area contributed by atoms with E-state index in [1.165, 1.54) is 19.3 Å². The number of imidazole rings is 1. The molecule has 5 heteroatoms. The summed E-state index contributed by atoms with van der Waals surface area (Å²) in [5.74, 6) is 0. The zero-order chi connectivity index (χ0) is 13.2. The van der Waals surface area contributed by atoms with Crippen molar-refractivity contribution in [2.45, 2.75) is 45.3 Å². The number of H-pyrrole nitrogens is 1. The first-order valence-electron chi connectivity index (χ1n) is 6.91. The minimum Gasteiger partial charge on any atom is -0.378 e. The Bertz CT molecular complexity index is 625. The molecule has 2 aromatic heterocycles. The minimum absolute atomic E-state index is 0.381. The van der Waals surface area contributed by atoms with Gasteiger partial charge < -0.3 is 14.3 Å². The van der Waals surface area contributed by atoms with E-state index in [9.17, 15) is 0 Å². The van der Waals surface area contributed by atoms with Crippen molar-refractivity contribution in [3.8, 4) is 0 Å². The van der Waals surface area contributed by atoms with Crippen LogP contribution in [0.5, 0.6) is 0 Å². The first-order chi connectivity index (χ1) is 9.24. The summed E-state index contributed by atoms with van der Waals surface area (Å²) in [7, 11) is 0. The third kappa shape index (κ3) is 2.72. The predicted octanol–water partition coefficient (Wildman–Crippen LogP) is 3.36. The Morgan fingerprint density at radius 1 is 1.53 bits per heavy atom. The van der Waals surface area contributed by atoms with Crippen molar-refractivity contribution >= 4 is 23.4 Å². The highest BCUT2D eigenvalue weighted by molar-refractivity contribution is 7.71. The van der Waals surface area contributed by atoms with Crippen molar-refractivity contribution in [2.24, 2.45) is 0 Å². The maximum atomic E-state index is 5.77. The lowest BCUT2D eigenvalue weighted by molar-refractivity contribution is 0.00890. The molecule has 2 aromatic rings. The van der Waals surface area contributed by atoms with Gasteiger partial charge in [0.2, 0.25) is 0 Å². The van der Waals surface area contributed by atoms with E-state index in [-0.39, 0.29) is 0 Å². The van der Waals surface area contributed by atoms with Crippen molar-refractivity contribution in [1.29, 1.82) is 0 Å². The third-order valence-corrected chi connectivity index (χ3v) is 4.02. The van der Waals surface area contributed by atoms with Gasteiger partial charge in [-0.25, -0.2) is 4.98 Å². The van der Waals surface area contributed by atoms with Crippen LogP contribution in [0.3, 0.4) is 0 Å². The number of nitrogens with zero attached hydrogens (tertiary/aromatic N) is 2. The molecule has 0 aliphatic carbocycles. The van der Waals surface area contributed by atoms with E-state index in [2.05, 4.69) is 20.6 Å². The van der Waals surface area contributed by atoms with E-state index in [1.807, 2.05) is 13.1 Å². The Hall–Kier alpha value is -1.20. The number of pyridine rings is 1. The summed E-state index contributed by atoms with van der Waals surface area (Å²) in [5, 5.41) is 0. The number of aryl methyl sites for hydroxylation is 2. The van der Waals surface area contributed by atoms with Crippen LogP contribution in [0.4, 0.5) is 0 Å². The van der Waals surface area contributed by atoms with Crippen LogP contribution in [-0.2, 0) is 11.3 Å². The van der Waals surface area contributed by atoms with Crippen molar-refractivity contribution < 1.29 is 4.74 Å². The van der Waals surface area contributed by atoms with Crippen molar-refractivity contribution in [3.05, 3.63) is 22.6 Å². The number of aromatic nitrogens is 3. The van der Waals surface area contributed by atoms with Gasteiger partial charge in [0.05, 0.1) is 11.6 Å². The number of ether oxygens (including phenoxy) is 1. The second-order valence-corrected chi connectivity index (χ2v) is 5.63. The maximum absolute atomic E-state index is 5.77. The van der Waals surface area contributed by atoms with E-state index in [0.717, 1.165) is 41.1 Å². The highest BCUT2D eigenvalue weighted by atomic mass is 32.1. The Balaban J connectivity index is 1.80. The molecule has 19 heavy (non-hydrogen) atoms. The SMILES string of the molecule is Cc1cnc2c(c1)[nH]c(=S)n2CCC1CCCCO1. The molecule has 102 valence electrons. The Labute approximate surface area is 117 Å². The first kappa shape index (κ1) is 12.8.